The fourth-order valence-corrected chi connectivity index (χ4v) is 3.34. The standard InChI is InChI=1S/C17H22FN3O2/c1-17(2,23)13-7-4-10-21(13)15(22)9-8-14-19-12-6-3-5-11(18)16(12)20-14/h3,5-6,13,23H,4,7-10H2,1-2H3,(H,19,20). The van der Waals surface area contributed by atoms with E-state index in [-0.39, 0.29) is 17.8 Å². The third kappa shape index (κ3) is 3.22. The molecule has 1 unspecified atom stereocenters. The number of aryl methyl sites for hydroxylation is 1. The van der Waals surface area contributed by atoms with Crippen LogP contribution in [0.4, 0.5) is 4.39 Å². The number of hydrogen-bond donors (Lipinski definition) is 2. The van der Waals surface area contributed by atoms with Gasteiger partial charge in [0.05, 0.1) is 17.2 Å². The van der Waals surface area contributed by atoms with Crippen LogP contribution in [0, 0.1) is 5.82 Å². The zero-order chi connectivity index (χ0) is 16.6. The molecule has 1 aromatic heterocycles. The second-order valence-electron chi connectivity index (χ2n) is 6.72. The van der Waals surface area contributed by atoms with E-state index >= 15 is 0 Å². The average molecular weight is 319 g/mol. The van der Waals surface area contributed by atoms with E-state index in [1.807, 2.05) is 0 Å². The Labute approximate surface area is 134 Å². The molecule has 3 rings (SSSR count). The Morgan fingerprint density at radius 3 is 3.00 bits per heavy atom. The van der Waals surface area contributed by atoms with E-state index in [1.165, 1.54) is 6.07 Å². The summed E-state index contributed by atoms with van der Waals surface area (Å²) in [4.78, 5) is 21.5. The summed E-state index contributed by atoms with van der Waals surface area (Å²) in [6, 6.07) is 4.63. The molecule has 2 N–H and O–H groups in total. The Morgan fingerprint density at radius 1 is 1.52 bits per heavy atom. The van der Waals surface area contributed by atoms with Gasteiger partial charge in [0.15, 0.2) is 5.82 Å². The first-order chi connectivity index (χ1) is 10.9. The van der Waals surface area contributed by atoms with Gasteiger partial charge in [-0.15, -0.1) is 0 Å². The van der Waals surface area contributed by atoms with Gasteiger partial charge in [-0.1, -0.05) is 6.07 Å². The zero-order valence-electron chi connectivity index (χ0n) is 13.5. The Bertz CT molecular complexity index is 720. The van der Waals surface area contributed by atoms with Crippen LogP contribution in [-0.4, -0.2) is 44.1 Å². The summed E-state index contributed by atoms with van der Waals surface area (Å²) in [7, 11) is 0. The highest BCUT2D eigenvalue weighted by Crippen LogP contribution is 2.27. The minimum Gasteiger partial charge on any atom is -0.388 e. The second kappa shape index (κ2) is 5.92. The molecule has 2 aromatic rings. The molecule has 1 aromatic carbocycles. The van der Waals surface area contributed by atoms with Gasteiger partial charge in [0.25, 0.3) is 0 Å². The van der Waals surface area contributed by atoms with Crippen molar-refractivity contribution in [3.8, 4) is 0 Å². The van der Waals surface area contributed by atoms with Crippen LogP contribution < -0.4 is 0 Å². The van der Waals surface area contributed by atoms with Gasteiger partial charge in [-0.3, -0.25) is 4.79 Å². The van der Waals surface area contributed by atoms with Crippen LogP contribution in [0.5, 0.6) is 0 Å². The largest absolute Gasteiger partial charge is 0.388 e. The second-order valence-corrected chi connectivity index (χ2v) is 6.72. The first-order valence-electron chi connectivity index (χ1n) is 8.01. The monoisotopic (exact) mass is 319 g/mol. The summed E-state index contributed by atoms with van der Waals surface area (Å²) in [5, 5.41) is 10.2. The summed E-state index contributed by atoms with van der Waals surface area (Å²) >= 11 is 0. The van der Waals surface area contributed by atoms with Crippen LogP contribution in [0.15, 0.2) is 18.2 Å². The number of nitrogens with one attached hydrogen (secondary N) is 1. The number of aromatic nitrogens is 2. The Hall–Kier alpha value is -1.95. The molecular formula is C17H22FN3O2. The maximum absolute atomic E-state index is 13.6. The van der Waals surface area contributed by atoms with Crippen molar-refractivity contribution in [1.82, 2.24) is 14.9 Å². The molecule has 23 heavy (non-hydrogen) atoms. The molecule has 2 heterocycles. The number of carbonyl (C=O) groups is 1. The number of amides is 1. The SMILES string of the molecule is CC(C)(O)C1CCCN1C(=O)CCc1nc2c(F)cccc2[nH]1. The normalized spacial score (nSPS) is 18.8. The van der Waals surface area contributed by atoms with E-state index < -0.39 is 5.60 Å². The summed E-state index contributed by atoms with van der Waals surface area (Å²) < 4.78 is 13.6. The van der Waals surface area contributed by atoms with E-state index in [1.54, 1.807) is 30.9 Å². The highest BCUT2D eigenvalue weighted by molar-refractivity contribution is 5.78. The third-order valence-electron chi connectivity index (χ3n) is 4.48. The maximum atomic E-state index is 13.6. The van der Waals surface area contributed by atoms with Gasteiger partial charge in [0.2, 0.25) is 5.91 Å². The molecule has 1 aliphatic rings. The lowest BCUT2D eigenvalue weighted by Crippen LogP contribution is -2.48. The minimum absolute atomic E-state index is 0.00977. The van der Waals surface area contributed by atoms with Crippen LogP contribution in [0.1, 0.15) is 38.9 Å². The summed E-state index contributed by atoms with van der Waals surface area (Å²) in [6.45, 7) is 4.17. The smallest absolute Gasteiger partial charge is 0.223 e. The van der Waals surface area contributed by atoms with E-state index in [0.717, 1.165) is 12.8 Å². The molecule has 1 amide bonds. The molecule has 5 nitrogen and oxygen atoms in total. The van der Waals surface area contributed by atoms with Crippen molar-refractivity contribution in [2.45, 2.75) is 51.2 Å². The van der Waals surface area contributed by atoms with E-state index in [0.29, 0.717) is 36.2 Å². The Balaban J connectivity index is 1.67. The number of benzene rings is 1. The number of imidazole rings is 1. The van der Waals surface area contributed by atoms with E-state index in [2.05, 4.69) is 9.97 Å². The van der Waals surface area contributed by atoms with Gasteiger partial charge in [-0.25, -0.2) is 9.37 Å². The molecule has 124 valence electrons. The fraction of sp³-hybridized carbons (Fsp3) is 0.529. The van der Waals surface area contributed by atoms with Crippen LogP contribution in [0.3, 0.4) is 0 Å². The maximum Gasteiger partial charge on any atom is 0.223 e. The fourth-order valence-electron chi connectivity index (χ4n) is 3.34. The summed E-state index contributed by atoms with van der Waals surface area (Å²) in [5.74, 6) is 0.256. The number of aromatic amines is 1. The van der Waals surface area contributed by atoms with E-state index in [9.17, 15) is 14.3 Å². The predicted molar refractivity (Wildman–Crippen MR) is 85.4 cm³/mol. The van der Waals surface area contributed by atoms with Gasteiger partial charge in [0.1, 0.15) is 11.3 Å². The van der Waals surface area contributed by atoms with Gasteiger partial charge in [0, 0.05) is 19.4 Å². The number of hydrogen-bond acceptors (Lipinski definition) is 3. The molecule has 1 saturated heterocycles. The summed E-state index contributed by atoms with van der Waals surface area (Å²) in [6.07, 6.45) is 2.47. The van der Waals surface area contributed by atoms with Gasteiger partial charge in [-0.2, -0.15) is 0 Å². The van der Waals surface area contributed by atoms with Crippen molar-refractivity contribution in [3.63, 3.8) is 0 Å². The van der Waals surface area contributed by atoms with E-state index in [4.69, 9.17) is 0 Å². The van der Waals surface area contributed by atoms with Crippen molar-refractivity contribution in [2.75, 3.05) is 6.54 Å². The first-order valence-corrected chi connectivity index (χ1v) is 8.01. The van der Waals surface area contributed by atoms with Crippen molar-refractivity contribution in [2.24, 2.45) is 0 Å². The van der Waals surface area contributed by atoms with Crippen LogP contribution in [-0.2, 0) is 11.2 Å². The number of aliphatic hydroxyl groups is 1. The number of carbonyl (C=O) groups excluding carboxylic acids is 1. The Kier molecular flexibility index (Phi) is 4.10. The number of nitrogens with zero attached hydrogens (tertiary/aromatic N) is 2. The quantitative estimate of drug-likeness (QED) is 0.909. The molecule has 1 fully saturated rings. The van der Waals surface area contributed by atoms with Crippen LogP contribution in [0.2, 0.25) is 0 Å². The molecule has 0 bridgehead atoms. The number of likely N-dealkylation sites (tertiary alicyclic amines) is 1. The van der Waals surface area contributed by atoms with Crippen LogP contribution >= 0.6 is 0 Å². The van der Waals surface area contributed by atoms with Crippen molar-refractivity contribution in [1.29, 1.82) is 0 Å². The first kappa shape index (κ1) is 15.9. The molecular weight excluding hydrogens is 297 g/mol. The molecule has 1 atom stereocenters. The highest BCUT2D eigenvalue weighted by atomic mass is 19.1. The number of H-pyrrole nitrogens is 1. The summed E-state index contributed by atoms with van der Waals surface area (Å²) in [5.41, 5.74) is 0.0581. The van der Waals surface area contributed by atoms with Crippen LogP contribution in [0.25, 0.3) is 11.0 Å². The number of halogens is 1. The predicted octanol–water partition coefficient (Wildman–Crippen LogP) is 2.40. The number of rotatable bonds is 4. The lowest BCUT2D eigenvalue weighted by molar-refractivity contribution is -0.136. The molecule has 0 aliphatic carbocycles. The third-order valence-corrected chi connectivity index (χ3v) is 4.48. The topological polar surface area (TPSA) is 69.2 Å². The number of fused-ring (bicyclic) bond motifs is 1. The lowest BCUT2D eigenvalue weighted by atomic mass is 9.96. The molecule has 0 spiro atoms. The number of para-hydroxylation sites is 1. The van der Waals surface area contributed by atoms with Crippen molar-refractivity contribution in [3.05, 3.63) is 29.8 Å². The molecule has 1 aliphatic heterocycles. The van der Waals surface area contributed by atoms with Gasteiger partial charge < -0.3 is 15.0 Å². The van der Waals surface area contributed by atoms with Gasteiger partial charge in [-0.05, 0) is 38.8 Å². The van der Waals surface area contributed by atoms with Crippen molar-refractivity contribution >= 4 is 16.9 Å². The minimum atomic E-state index is -0.894. The molecule has 0 saturated carbocycles. The lowest BCUT2D eigenvalue weighted by Gasteiger charge is -2.33. The molecule has 6 heteroatoms. The molecule has 0 radical (unpaired) electrons. The Morgan fingerprint density at radius 2 is 2.30 bits per heavy atom. The zero-order valence-corrected chi connectivity index (χ0v) is 13.5. The highest BCUT2D eigenvalue weighted by Gasteiger charge is 2.38. The average Bonchev–Trinajstić information content (AvgIpc) is 3.11. The van der Waals surface area contributed by atoms with Crippen molar-refractivity contribution < 1.29 is 14.3 Å². The van der Waals surface area contributed by atoms with Gasteiger partial charge >= 0.3 is 0 Å².